The van der Waals surface area contributed by atoms with E-state index in [-0.39, 0.29) is 0 Å². The Hall–Kier alpha value is -2.59. The molecule has 0 radical (unpaired) electrons. The number of nitrogens with zero attached hydrogens (tertiary/aromatic N) is 3. The Morgan fingerprint density at radius 3 is 2.54 bits per heavy atom. The van der Waals surface area contributed by atoms with Crippen LogP contribution in [0, 0.1) is 0 Å². The maximum absolute atomic E-state index is 5.01. The van der Waals surface area contributed by atoms with Crippen molar-refractivity contribution in [1.29, 1.82) is 0 Å². The third-order valence-corrected chi connectivity index (χ3v) is 6.23. The summed E-state index contributed by atoms with van der Waals surface area (Å²) in [5.74, 6) is 1.25. The van der Waals surface area contributed by atoms with Gasteiger partial charge >= 0.3 is 0 Å². The minimum atomic E-state index is 0.824. The number of aromatic nitrogens is 2. The predicted octanol–water partition coefficient (Wildman–Crippen LogP) is 5.06. The van der Waals surface area contributed by atoms with Crippen molar-refractivity contribution in [3.63, 3.8) is 0 Å². The molecule has 4 heteroatoms. The minimum absolute atomic E-state index is 0.824. The molecule has 1 aromatic heterocycles. The van der Waals surface area contributed by atoms with Gasteiger partial charge in [-0.2, -0.15) is 0 Å². The summed E-state index contributed by atoms with van der Waals surface area (Å²) in [5.41, 5.74) is 6.85. The molecule has 1 aliphatic carbocycles. The molecule has 0 spiro atoms. The van der Waals surface area contributed by atoms with Gasteiger partial charge in [0.05, 0.1) is 11.0 Å². The van der Waals surface area contributed by atoms with Crippen LogP contribution in [0.4, 0.5) is 5.69 Å². The monoisotopic (exact) mass is 372 g/mol. The van der Waals surface area contributed by atoms with Gasteiger partial charge in [-0.25, -0.2) is 4.98 Å². The lowest BCUT2D eigenvalue weighted by molar-refractivity contribution is 0.130. The Morgan fingerprint density at radius 2 is 1.82 bits per heavy atom. The minimum Gasteiger partial charge on any atom is -0.360 e. The summed E-state index contributed by atoms with van der Waals surface area (Å²) in [7, 11) is 0. The lowest BCUT2D eigenvalue weighted by atomic mass is 9.91. The van der Waals surface area contributed by atoms with E-state index in [1.807, 2.05) is 6.92 Å². The van der Waals surface area contributed by atoms with Gasteiger partial charge in [-0.15, -0.1) is 0 Å². The molecule has 1 aliphatic heterocycles. The van der Waals surface area contributed by atoms with Gasteiger partial charge in [0.15, 0.2) is 0 Å². The van der Waals surface area contributed by atoms with Crippen LogP contribution in [0.2, 0.25) is 0 Å². The molecule has 3 aromatic rings. The van der Waals surface area contributed by atoms with Gasteiger partial charge in [-0.3, -0.25) is 4.90 Å². The summed E-state index contributed by atoms with van der Waals surface area (Å²) in [5, 5.41) is 3.26. The number of anilines is 1. The average molecular weight is 373 g/mol. The Kier molecular flexibility index (Phi) is 4.44. The number of hydrogen-bond acceptors (Lipinski definition) is 3. The second-order valence-electron chi connectivity index (χ2n) is 8.24. The van der Waals surface area contributed by atoms with Crippen LogP contribution in [0.15, 0.2) is 54.7 Å². The lowest BCUT2D eigenvalue weighted by Crippen LogP contribution is -2.41. The second kappa shape index (κ2) is 7.10. The zero-order valence-corrected chi connectivity index (χ0v) is 16.6. The van der Waals surface area contributed by atoms with Crippen LogP contribution in [0.3, 0.4) is 0 Å². The number of allylic oxidation sites excluding steroid dienone is 1. The number of benzene rings is 2. The summed E-state index contributed by atoms with van der Waals surface area (Å²) in [4.78, 5) is 7.69. The van der Waals surface area contributed by atoms with E-state index in [2.05, 4.69) is 63.8 Å². The summed E-state index contributed by atoms with van der Waals surface area (Å²) in [6.07, 6.45) is 5.23. The van der Waals surface area contributed by atoms with Crippen LogP contribution in [-0.4, -0.2) is 33.6 Å². The van der Waals surface area contributed by atoms with Gasteiger partial charge in [-0.05, 0) is 55.2 Å². The molecular weight excluding hydrogens is 344 g/mol. The van der Waals surface area contributed by atoms with Gasteiger partial charge in [0.25, 0.3) is 0 Å². The molecule has 1 N–H and O–H groups in total. The first-order valence-electron chi connectivity index (χ1n) is 10.4. The van der Waals surface area contributed by atoms with Crippen LogP contribution in [0.1, 0.15) is 32.0 Å². The van der Waals surface area contributed by atoms with Gasteiger partial charge in [0.1, 0.15) is 5.82 Å². The Labute approximate surface area is 166 Å². The van der Waals surface area contributed by atoms with Crippen LogP contribution in [-0.2, 0) is 13.0 Å². The molecule has 0 saturated heterocycles. The van der Waals surface area contributed by atoms with E-state index < -0.39 is 0 Å². The third-order valence-electron chi connectivity index (χ3n) is 6.23. The van der Waals surface area contributed by atoms with Crippen molar-refractivity contribution in [1.82, 2.24) is 14.5 Å². The SMILES string of the molecule is C=C(C)Nc1ccc(-c2ccc3c(c2)nc2n3CCN(C3CCC3)CC2)cc1. The largest absolute Gasteiger partial charge is 0.360 e. The van der Waals surface area contributed by atoms with E-state index in [1.54, 1.807) is 0 Å². The highest BCUT2D eigenvalue weighted by Gasteiger charge is 2.27. The highest BCUT2D eigenvalue weighted by Crippen LogP contribution is 2.29. The molecule has 0 amide bonds. The first-order chi connectivity index (χ1) is 13.7. The van der Waals surface area contributed by atoms with Crippen molar-refractivity contribution in [3.8, 4) is 11.1 Å². The zero-order chi connectivity index (χ0) is 19.1. The number of fused-ring (bicyclic) bond motifs is 3. The van der Waals surface area contributed by atoms with Crippen LogP contribution < -0.4 is 5.32 Å². The molecule has 0 atom stereocenters. The normalized spacial score (nSPS) is 17.8. The van der Waals surface area contributed by atoms with E-state index in [4.69, 9.17) is 4.98 Å². The van der Waals surface area contributed by atoms with Crippen molar-refractivity contribution in [2.24, 2.45) is 0 Å². The molecule has 144 valence electrons. The molecule has 2 heterocycles. The first-order valence-corrected chi connectivity index (χ1v) is 10.4. The summed E-state index contributed by atoms with van der Waals surface area (Å²) in [6, 6.07) is 16.1. The summed E-state index contributed by atoms with van der Waals surface area (Å²) < 4.78 is 2.44. The van der Waals surface area contributed by atoms with Crippen molar-refractivity contribution in [2.45, 2.75) is 45.2 Å². The van der Waals surface area contributed by atoms with E-state index in [0.29, 0.717) is 0 Å². The molecule has 1 fully saturated rings. The Morgan fingerprint density at radius 1 is 1.04 bits per heavy atom. The molecule has 1 saturated carbocycles. The Bertz CT molecular complexity index is 1010. The standard InChI is InChI=1S/C24H28N4/c1-17(2)25-20-9-6-18(7-10-20)19-8-11-23-22(16-19)26-24-12-13-27(14-15-28(23)24)21-4-3-5-21/h6-11,16,21,25H,1,3-5,12-15H2,2H3. The van der Waals surface area contributed by atoms with Gasteiger partial charge < -0.3 is 9.88 Å². The lowest BCUT2D eigenvalue weighted by Gasteiger charge is -2.36. The molecule has 0 bridgehead atoms. The Balaban J connectivity index is 1.40. The second-order valence-corrected chi connectivity index (χ2v) is 8.24. The number of imidazole rings is 1. The topological polar surface area (TPSA) is 33.1 Å². The fourth-order valence-electron chi connectivity index (χ4n) is 4.49. The fraction of sp³-hybridized carbons (Fsp3) is 0.375. The van der Waals surface area contributed by atoms with Gasteiger partial charge in [-0.1, -0.05) is 31.2 Å². The number of rotatable bonds is 4. The molecular formula is C24H28N4. The number of hydrogen-bond donors (Lipinski definition) is 1. The zero-order valence-electron chi connectivity index (χ0n) is 16.6. The van der Waals surface area contributed by atoms with Crippen LogP contribution in [0.25, 0.3) is 22.2 Å². The predicted molar refractivity (Wildman–Crippen MR) is 117 cm³/mol. The van der Waals surface area contributed by atoms with E-state index in [1.165, 1.54) is 41.7 Å². The van der Waals surface area contributed by atoms with Gasteiger partial charge in [0, 0.05) is 43.5 Å². The highest BCUT2D eigenvalue weighted by molar-refractivity contribution is 5.83. The van der Waals surface area contributed by atoms with E-state index >= 15 is 0 Å². The maximum Gasteiger partial charge on any atom is 0.111 e. The van der Waals surface area contributed by atoms with Crippen molar-refractivity contribution >= 4 is 16.7 Å². The average Bonchev–Trinajstić information content (AvgIpc) is 2.87. The smallest absolute Gasteiger partial charge is 0.111 e. The maximum atomic E-state index is 5.01. The van der Waals surface area contributed by atoms with Crippen molar-refractivity contribution in [2.75, 3.05) is 18.4 Å². The molecule has 28 heavy (non-hydrogen) atoms. The third kappa shape index (κ3) is 3.22. The van der Waals surface area contributed by atoms with Crippen molar-refractivity contribution in [3.05, 3.63) is 60.6 Å². The molecule has 5 rings (SSSR count). The number of nitrogens with one attached hydrogen (secondary N) is 1. The fourth-order valence-corrected chi connectivity index (χ4v) is 4.49. The van der Waals surface area contributed by atoms with E-state index in [9.17, 15) is 0 Å². The van der Waals surface area contributed by atoms with Crippen LogP contribution >= 0.6 is 0 Å². The molecule has 2 aromatic carbocycles. The first kappa shape index (κ1) is 17.5. The van der Waals surface area contributed by atoms with Crippen LogP contribution in [0.5, 0.6) is 0 Å². The quantitative estimate of drug-likeness (QED) is 0.695. The summed E-state index contributed by atoms with van der Waals surface area (Å²) >= 11 is 0. The molecule has 2 aliphatic rings. The molecule has 4 nitrogen and oxygen atoms in total. The van der Waals surface area contributed by atoms with E-state index in [0.717, 1.165) is 49.0 Å². The van der Waals surface area contributed by atoms with Crippen molar-refractivity contribution < 1.29 is 0 Å². The van der Waals surface area contributed by atoms with Gasteiger partial charge in [0.2, 0.25) is 0 Å². The highest BCUT2D eigenvalue weighted by atomic mass is 15.2. The summed E-state index contributed by atoms with van der Waals surface area (Å²) in [6.45, 7) is 9.23. The molecule has 0 unspecified atom stereocenters.